The highest BCUT2D eigenvalue weighted by Crippen LogP contribution is 2.33. The molecule has 22 heavy (non-hydrogen) atoms. The van der Waals surface area contributed by atoms with Crippen molar-refractivity contribution in [3.8, 4) is 5.75 Å². The van der Waals surface area contributed by atoms with Crippen molar-refractivity contribution in [2.45, 2.75) is 24.7 Å². The normalized spacial score (nSPS) is 28.6. The fraction of sp³-hybridized carbons (Fsp3) is 0.438. The summed E-state index contributed by atoms with van der Waals surface area (Å²) in [4.78, 5) is 11.2. The lowest BCUT2D eigenvalue weighted by molar-refractivity contribution is -0.142. The molecule has 1 aromatic carbocycles. The van der Waals surface area contributed by atoms with E-state index in [0.29, 0.717) is 23.8 Å². The monoisotopic (exact) mass is 324 g/mol. The van der Waals surface area contributed by atoms with E-state index in [9.17, 15) is 9.90 Å². The van der Waals surface area contributed by atoms with Crippen molar-refractivity contribution in [1.82, 2.24) is 0 Å². The average molecular weight is 325 g/mol. The molecule has 3 rings (SSSR count). The summed E-state index contributed by atoms with van der Waals surface area (Å²) in [7, 11) is 0. The SMILES string of the molecule is O=C1C[C@H]2[C@H](CO[C@@H]2/C=C/C(O)COc2cccc(Cl)c2)O1. The number of aliphatic hydroxyl groups is 1. The predicted octanol–water partition coefficient (Wildman–Crippen LogP) is 1.97. The van der Waals surface area contributed by atoms with Crippen molar-refractivity contribution in [1.29, 1.82) is 0 Å². The predicted molar refractivity (Wildman–Crippen MR) is 79.8 cm³/mol. The molecule has 2 aliphatic heterocycles. The first kappa shape index (κ1) is 15.3. The van der Waals surface area contributed by atoms with Crippen LogP contribution in [0, 0.1) is 5.92 Å². The van der Waals surface area contributed by atoms with Gasteiger partial charge in [0.2, 0.25) is 0 Å². The van der Waals surface area contributed by atoms with Crippen molar-refractivity contribution in [3.63, 3.8) is 0 Å². The standard InChI is InChI=1S/C16H17ClO5/c17-10-2-1-3-12(6-10)20-8-11(18)4-5-14-13-7-16(19)22-15(13)9-21-14/h1-6,11,13-15,18H,7-9H2/b5-4+/t11?,13-,14-,15+/m1/s1. The van der Waals surface area contributed by atoms with Crippen LogP contribution in [-0.4, -0.2) is 42.6 Å². The lowest BCUT2D eigenvalue weighted by atomic mass is 9.97. The second-order valence-electron chi connectivity index (χ2n) is 5.41. The zero-order chi connectivity index (χ0) is 15.5. The first-order valence-corrected chi connectivity index (χ1v) is 7.55. The van der Waals surface area contributed by atoms with Gasteiger partial charge in [0.05, 0.1) is 19.1 Å². The van der Waals surface area contributed by atoms with Crippen LogP contribution in [0.1, 0.15) is 6.42 Å². The molecule has 0 aromatic heterocycles. The van der Waals surface area contributed by atoms with Gasteiger partial charge < -0.3 is 19.3 Å². The number of carbonyl (C=O) groups excluding carboxylic acids is 1. The highest BCUT2D eigenvalue weighted by molar-refractivity contribution is 6.30. The highest BCUT2D eigenvalue weighted by Gasteiger charge is 2.44. The number of aliphatic hydroxyl groups excluding tert-OH is 1. The molecular formula is C16H17ClO5. The summed E-state index contributed by atoms with van der Waals surface area (Å²) in [6.07, 6.45) is 2.66. The molecule has 6 heteroatoms. The van der Waals surface area contributed by atoms with E-state index in [1.54, 1.807) is 36.4 Å². The van der Waals surface area contributed by atoms with Crippen LogP contribution in [0.15, 0.2) is 36.4 Å². The van der Waals surface area contributed by atoms with Crippen molar-refractivity contribution < 1.29 is 24.1 Å². The molecule has 2 aliphatic rings. The topological polar surface area (TPSA) is 65.0 Å². The Morgan fingerprint density at radius 2 is 2.36 bits per heavy atom. The molecule has 0 spiro atoms. The van der Waals surface area contributed by atoms with Crippen LogP contribution >= 0.6 is 11.6 Å². The molecule has 1 unspecified atom stereocenters. The number of esters is 1. The van der Waals surface area contributed by atoms with Gasteiger partial charge in [0.15, 0.2) is 0 Å². The highest BCUT2D eigenvalue weighted by atomic mass is 35.5. The molecule has 0 saturated carbocycles. The minimum Gasteiger partial charge on any atom is -0.491 e. The maximum Gasteiger partial charge on any atom is 0.306 e. The molecule has 4 atom stereocenters. The Morgan fingerprint density at radius 3 is 3.18 bits per heavy atom. The third-order valence-corrected chi connectivity index (χ3v) is 4.01. The number of hydrogen-bond donors (Lipinski definition) is 1. The fourth-order valence-electron chi connectivity index (χ4n) is 2.67. The van der Waals surface area contributed by atoms with Crippen LogP contribution in [0.4, 0.5) is 0 Å². The minimum absolute atomic E-state index is 0.0461. The Balaban J connectivity index is 1.49. The van der Waals surface area contributed by atoms with Gasteiger partial charge in [-0.15, -0.1) is 0 Å². The van der Waals surface area contributed by atoms with Gasteiger partial charge in [-0.1, -0.05) is 29.8 Å². The van der Waals surface area contributed by atoms with Crippen molar-refractivity contribution in [2.75, 3.05) is 13.2 Å². The first-order chi connectivity index (χ1) is 10.6. The van der Waals surface area contributed by atoms with Crippen LogP contribution < -0.4 is 4.74 Å². The van der Waals surface area contributed by atoms with Crippen molar-refractivity contribution in [3.05, 3.63) is 41.4 Å². The van der Waals surface area contributed by atoms with Gasteiger partial charge >= 0.3 is 5.97 Å². The Bertz CT molecular complexity index is 573. The third kappa shape index (κ3) is 3.61. The van der Waals surface area contributed by atoms with Gasteiger partial charge in [-0.05, 0) is 18.2 Å². The first-order valence-electron chi connectivity index (χ1n) is 7.17. The zero-order valence-electron chi connectivity index (χ0n) is 11.9. The fourth-order valence-corrected chi connectivity index (χ4v) is 2.85. The average Bonchev–Trinajstić information content (AvgIpc) is 3.02. The second kappa shape index (κ2) is 6.69. The van der Waals surface area contributed by atoms with E-state index in [1.165, 1.54) is 0 Å². The molecule has 0 aliphatic carbocycles. The van der Waals surface area contributed by atoms with E-state index in [-0.39, 0.29) is 30.7 Å². The zero-order valence-corrected chi connectivity index (χ0v) is 12.6. The Labute approximate surface area is 133 Å². The van der Waals surface area contributed by atoms with Crippen LogP contribution in [0.3, 0.4) is 0 Å². The largest absolute Gasteiger partial charge is 0.491 e. The molecule has 0 radical (unpaired) electrons. The van der Waals surface area contributed by atoms with Crippen molar-refractivity contribution >= 4 is 17.6 Å². The van der Waals surface area contributed by atoms with Crippen LogP contribution in [-0.2, 0) is 14.3 Å². The van der Waals surface area contributed by atoms with Gasteiger partial charge in [0.25, 0.3) is 0 Å². The number of benzene rings is 1. The van der Waals surface area contributed by atoms with Gasteiger partial charge in [-0.25, -0.2) is 0 Å². The number of hydrogen-bond acceptors (Lipinski definition) is 5. The van der Waals surface area contributed by atoms with E-state index in [1.807, 2.05) is 0 Å². The van der Waals surface area contributed by atoms with Gasteiger partial charge in [-0.2, -0.15) is 0 Å². The van der Waals surface area contributed by atoms with E-state index >= 15 is 0 Å². The van der Waals surface area contributed by atoms with Gasteiger partial charge in [0, 0.05) is 10.9 Å². The molecular weight excluding hydrogens is 308 g/mol. The third-order valence-electron chi connectivity index (χ3n) is 3.78. The Morgan fingerprint density at radius 1 is 1.50 bits per heavy atom. The lowest BCUT2D eigenvalue weighted by Crippen LogP contribution is -2.19. The maximum atomic E-state index is 11.2. The molecule has 1 N–H and O–H groups in total. The molecule has 2 saturated heterocycles. The van der Waals surface area contributed by atoms with Crippen LogP contribution in [0.25, 0.3) is 0 Å². The number of fused-ring (bicyclic) bond motifs is 1. The van der Waals surface area contributed by atoms with E-state index in [0.717, 1.165) is 0 Å². The summed E-state index contributed by atoms with van der Waals surface area (Å²) in [5.74, 6) is 0.471. The number of halogens is 1. The summed E-state index contributed by atoms with van der Waals surface area (Å²) >= 11 is 5.86. The second-order valence-corrected chi connectivity index (χ2v) is 5.85. The van der Waals surface area contributed by atoms with Gasteiger partial charge in [0.1, 0.15) is 24.6 Å². The minimum atomic E-state index is -0.764. The summed E-state index contributed by atoms with van der Waals surface area (Å²) in [5.41, 5.74) is 0. The molecule has 2 heterocycles. The van der Waals surface area contributed by atoms with Gasteiger partial charge in [-0.3, -0.25) is 4.79 Å². The molecule has 118 valence electrons. The molecule has 5 nitrogen and oxygen atoms in total. The maximum absolute atomic E-state index is 11.2. The van der Waals surface area contributed by atoms with E-state index in [4.69, 9.17) is 25.8 Å². The lowest BCUT2D eigenvalue weighted by Gasteiger charge is -2.12. The van der Waals surface area contributed by atoms with E-state index in [2.05, 4.69) is 0 Å². The summed E-state index contributed by atoms with van der Waals surface area (Å²) in [6.45, 7) is 0.535. The molecule has 0 bridgehead atoms. The van der Waals surface area contributed by atoms with Crippen LogP contribution in [0.2, 0.25) is 5.02 Å². The Hall–Kier alpha value is -1.56. The van der Waals surface area contributed by atoms with Crippen molar-refractivity contribution in [2.24, 2.45) is 5.92 Å². The van der Waals surface area contributed by atoms with E-state index < -0.39 is 6.10 Å². The number of rotatable bonds is 5. The smallest absolute Gasteiger partial charge is 0.306 e. The summed E-state index contributed by atoms with van der Waals surface area (Å²) < 4.78 is 16.2. The summed E-state index contributed by atoms with van der Waals surface area (Å²) in [5, 5.41) is 10.5. The number of ether oxygens (including phenoxy) is 3. The van der Waals surface area contributed by atoms with Crippen LogP contribution in [0.5, 0.6) is 5.75 Å². The summed E-state index contributed by atoms with van der Waals surface area (Å²) in [6, 6.07) is 6.99. The number of carbonyl (C=O) groups is 1. The molecule has 2 fully saturated rings. The molecule has 0 amide bonds. The molecule has 1 aromatic rings. The Kier molecular flexibility index (Phi) is 4.66. The quantitative estimate of drug-likeness (QED) is 0.662.